The molecule has 0 aromatic heterocycles. The van der Waals surface area contributed by atoms with Gasteiger partial charge < -0.3 is 26.4 Å². The van der Waals surface area contributed by atoms with Gasteiger partial charge in [-0.2, -0.15) is 0 Å². The van der Waals surface area contributed by atoms with E-state index in [9.17, 15) is 5.11 Å². The van der Waals surface area contributed by atoms with E-state index in [0.29, 0.717) is 12.8 Å². The zero-order valence-corrected chi connectivity index (χ0v) is 8.72. The van der Waals surface area contributed by atoms with Crippen LogP contribution in [0.5, 0.6) is 0 Å². The number of aliphatic hydroxyl groups excluding tert-OH is 2. The Hall–Kier alpha value is -0.200. The molecule has 0 heterocycles. The third kappa shape index (κ3) is 8.40. The third-order valence-electron chi connectivity index (χ3n) is 1.91. The van der Waals surface area contributed by atoms with E-state index in [1.165, 1.54) is 0 Å². The Morgan fingerprint density at radius 1 is 1.29 bits per heavy atom. The lowest BCUT2D eigenvalue weighted by atomic mass is 10.1. The smallest absolute Gasteiger partial charge is 0.0779 e. The van der Waals surface area contributed by atoms with Gasteiger partial charge in [-0.05, 0) is 26.2 Å². The summed E-state index contributed by atoms with van der Waals surface area (Å²) in [5, 5.41) is 18.1. The van der Waals surface area contributed by atoms with Crippen molar-refractivity contribution in [3.05, 3.63) is 0 Å². The van der Waals surface area contributed by atoms with Crippen molar-refractivity contribution in [2.75, 3.05) is 13.2 Å². The van der Waals surface area contributed by atoms with Gasteiger partial charge in [-0.1, -0.05) is 0 Å². The van der Waals surface area contributed by atoms with Gasteiger partial charge in [0.2, 0.25) is 0 Å². The van der Waals surface area contributed by atoms with Crippen LogP contribution in [0, 0.1) is 0 Å². The van der Waals surface area contributed by atoms with E-state index < -0.39 is 6.10 Å². The topological polar surface area (TPSA) is 102 Å². The second-order valence-electron chi connectivity index (χ2n) is 3.58. The molecule has 0 amide bonds. The molecule has 86 valence electrons. The Kier molecular flexibility index (Phi) is 8.02. The fraction of sp³-hybridized carbons (Fsp3) is 1.00. The van der Waals surface area contributed by atoms with Gasteiger partial charge in [-0.15, -0.1) is 0 Å². The molecule has 2 atom stereocenters. The number of rotatable bonds is 8. The standard InChI is InChI=1S/C9H22N2O3/c1-7(5-12)14-6-8(13)3-2-4-9(10)11/h7-9,12-13H,2-6,10-11H2,1H3. The fourth-order valence-electron chi connectivity index (χ4n) is 1.00. The highest BCUT2D eigenvalue weighted by molar-refractivity contribution is 4.59. The predicted octanol–water partition coefficient (Wildman–Crippen LogP) is -0.841. The van der Waals surface area contributed by atoms with Gasteiger partial charge in [0.1, 0.15) is 0 Å². The molecule has 14 heavy (non-hydrogen) atoms. The zero-order chi connectivity index (χ0) is 11.0. The fourth-order valence-corrected chi connectivity index (χ4v) is 1.00. The van der Waals surface area contributed by atoms with E-state index in [1.807, 2.05) is 0 Å². The van der Waals surface area contributed by atoms with Crippen LogP contribution >= 0.6 is 0 Å². The molecule has 0 radical (unpaired) electrons. The molecular formula is C9H22N2O3. The Morgan fingerprint density at radius 2 is 1.93 bits per heavy atom. The highest BCUT2D eigenvalue weighted by atomic mass is 16.5. The maximum absolute atomic E-state index is 9.42. The first-order chi connectivity index (χ1) is 6.56. The van der Waals surface area contributed by atoms with Gasteiger partial charge in [0.05, 0.1) is 31.6 Å². The first-order valence-electron chi connectivity index (χ1n) is 4.98. The summed E-state index contributed by atoms with van der Waals surface area (Å²) in [4.78, 5) is 0. The summed E-state index contributed by atoms with van der Waals surface area (Å²) in [6.07, 6.45) is 1.09. The molecule has 0 aromatic rings. The average molecular weight is 206 g/mol. The second kappa shape index (κ2) is 8.14. The van der Waals surface area contributed by atoms with Crippen LogP contribution in [0.1, 0.15) is 26.2 Å². The molecule has 0 fully saturated rings. The highest BCUT2D eigenvalue weighted by Crippen LogP contribution is 2.03. The van der Waals surface area contributed by atoms with Crippen molar-refractivity contribution < 1.29 is 14.9 Å². The van der Waals surface area contributed by atoms with Crippen LogP contribution in [0.2, 0.25) is 0 Å². The molecule has 0 aliphatic heterocycles. The zero-order valence-electron chi connectivity index (χ0n) is 8.72. The molecule has 0 aliphatic rings. The molecule has 0 saturated carbocycles. The second-order valence-corrected chi connectivity index (χ2v) is 3.58. The number of hydrogen-bond donors (Lipinski definition) is 4. The molecule has 0 rings (SSSR count). The van der Waals surface area contributed by atoms with Gasteiger partial charge in [-0.3, -0.25) is 0 Å². The maximum atomic E-state index is 9.42. The van der Waals surface area contributed by atoms with Crippen LogP contribution in [-0.4, -0.2) is 41.8 Å². The molecule has 5 nitrogen and oxygen atoms in total. The molecular weight excluding hydrogens is 184 g/mol. The molecule has 0 saturated heterocycles. The summed E-state index contributed by atoms with van der Waals surface area (Å²) in [5.74, 6) is 0. The van der Waals surface area contributed by atoms with E-state index in [-0.39, 0.29) is 25.5 Å². The van der Waals surface area contributed by atoms with E-state index >= 15 is 0 Å². The number of hydrogen-bond acceptors (Lipinski definition) is 5. The van der Waals surface area contributed by atoms with E-state index in [4.69, 9.17) is 21.3 Å². The summed E-state index contributed by atoms with van der Waals surface area (Å²) >= 11 is 0. The van der Waals surface area contributed by atoms with Crippen LogP contribution in [0.3, 0.4) is 0 Å². The first kappa shape index (κ1) is 13.8. The number of nitrogens with two attached hydrogens (primary N) is 2. The Morgan fingerprint density at radius 3 is 2.43 bits per heavy atom. The van der Waals surface area contributed by atoms with Crippen molar-refractivity contribution in [2.24, 2.45) is 11.5 Å². The number of ether oxygens (including phenoxy) is 1. The minimum atomic E-state index is -0.497. The summed E-state index contributed by atoms with van der Waals surface area (Å²) < 4.78 is 5.15. The molecule has 0 aliphatic carbocycles. The van der Waals surface area contributed by atoms with Crippen molar-refractivity contribution in [3.63, 3.8) is 0 Å². The SMILES string of the molecule is CC(CO)OCC(O)CCCC(N)N. The van der Waals surface area contributed by atoms with Crippen LogP contribution in [0.15, 0.2) is 0 Å². The van der Waals surface area contributed by atoms with Crippen LogP contribution in [0.25, 0.3) is 0 Å². The largest absolute Gasteiger partial charge is 0.394 e. The maximum Gasteiger partial charge on any atom is 0.0779 e. The quantitative estimate of drug-likeness (QED) is 0.388. The Bertz CT molecular complexity index is 133. The third-order valence-corrected chi connectivity index (χ3v) is 1.91. The highest BCUT2D eigenvalue weighted by Gasteiger charge is 2.07. The van der Waals surface area contributed by atoms with Crippen molar-refractivity contribution in [1.29, 1.82) is 0 Å². The lowest BCUT2D eigenvalue weighted by Gasteiger charge is -2.14. The van der Waals surface area contributed by atoms with Gasteiger partial charge in [-0.25, -0.2) is 0 Å². The predicted molar refractivity (Wildman–Crippen MR) is 54.5 cm³/mol. The van der Waals surface area contributed by atoms with Gasteiger partial charge in [0.25, 0.3) is 0 Å². The Labute approximate surface area is 85.0 Å². The van der Waals surface area contributed by atoms with Crippen molar-refractivity contribution in [2.45, 2.75) is 44.6 Å². The summed E-state index contributed by atoms with van der Waals surface area (Å²) in [5.41, 5.74) is 10.7. The summed E-state index contributed by atoms with van der Waals surface area (Å²) in [6, 6.07) is 0. The molecule has 2 unspecified atom stereocenters. The average Bonchev–Trinajstić information content (AvgIpc) is 2.13. The van der Waals surface area contributed by atoms with Gasteiger partial charge in [0.15, 0.2) is 0 Å². The van der Waals surface area contributed by atoms with E-state index in [2.05, 4.69) is 0 Å². The number of aliphatic hydroxyl groups is 2. The monoisotopic (exact) mass is 206 g/mol. The Balaban J connectivity index is 3.32. The molecule has 0 bridgehead atoms. The van der Waals surface area contributed by atoms with E-state index in [1.54, 1.807) is 6.92 Å². The molecule has 0 spiro atoms. The van der Waals surface area contributed by atoms with Crippen molar-refractivity contribution in [3.8, 4) is 0 Å². The summed E-state index contributed by atoms with van der Waals surface area (Å²) in [7, 11) is 0. The van der Waals surface area contributed by atoms with Crippen molar-refractivity contribution in [1.82, 2.24) is 0 Å². The molecule has 0 aromatic carbocycles. The normalized spacial score (nSPS) is 15.9. The van der Waals surface area contributed by atoms with Crippen LogP contribution in [-0.2, 0) is 4.74 Å². The van der Waals surface area contributed by atoms with Crippen LogP contribution in [0.4, 0.5) is 0 Å². The van der Waals surface area contributed by atoms with E-state index in [0.717, 1.165) is 6.42 Å². The summed E-state index contributed by atoms with van der Waals surface area (Å²) in [6.45, 7) is 1.98. The van der Waals surface area contributed by atoms with Gasteiger partial charge >= 0.3 is 0 Å². The first-order valence-corrected chi connectivity index (χ1v) is 4.98. The minimum absolute atomic E-state index is 0.0274. The van der Waals surface area contributed by atoms with Crippen LogP contribution < -0.4 is 11.5 Å². The molecule has 6 N–H and O–H groups in total. The lowest BCUT2D eigenvalue weighted by Crippen LogP contribution is -2.30. The lowest BCUT2D eigenvalue weighted by molar-refractivity contribution is -0.0260. The molecule has 5 heteroatoms. The van der Waals surface area contributed by atoms with Crippen molar-refractivity contribution >= 4 is 0 Å². The van der Waals surface area contributed by atoms with Gasteiger partial charge in [0, 0.05) is 0 Å². The minimum Gasteiger partial charge on any atom is -0.394 e.